The number of nitrogens with one attached hydrogen (secondary N) is 1. The largest absolute Gasteiger partial charge is 0.369 e. The summed E-state index contributed by atoms with van der Waals surface area (Å²) in [7, 11) is 0. The molecule has 0 radical (unpaired) electrons. The van der Waals surface area contributed by atoms with Crippen LogP contribution in [0.3, 0.4) is 0 Å². The molecule has 1 fully saturated rings. The lowest BCUT2D eigenvalue weighted by molar-refractivity contribution is 0.00715. The third-order valence-corrected chi connectivity index (χ3v) is 3.45. The highest BCUT2D eigenvalue weighted by molar-refractivity contribution is 9.10. The van der Waals surface area contributed by atoms with Crippen LogP contribution in [0.2, 0.25) is 0 Å². The summed E-state index contributed by atoms with van der Waals surface area (Å²) in [5, 5.41) is 3.50. The summed E-state index contributed by atoms with van der Waals surface area (Å²) in [4.78, 5) is 0. The van der Waals surface area contributed by atoms with Crippen LogP contribution in [0, 0.1) is 0 Å². The van der Waals surface area contributed by atoms with Gasteiger partial charge in [-0.2, -0.15) is 0 Å². The Bertz CT molecular complexity index is 356. The fourth-order valence-electron chi connectivity index (χ4n) is 2.18. The van der Waals surface area contributed by atoms with Crippen molar-refractivity contribution in [3.8, 4) is 0 Å². The predicted molar refractivity (Wildman–Crippen MR) is 69.5 cm³/mol. The Kier molecular flexibility index (Phi) is 4.00. The van der Waals surface area contributed by atoms with Gasteiger partial charge in [0.15, 0.2) is 0 Å². The molecule has 1 aliphatic heterocycles. The quantitative estimate of drug-likeness (QED) is 0.854. The van der Waals surface area contributed by atoms with Crippen LogP contribution in [0.4, 0.5) is 0 Å². The molecule has 0 spiro atoms. The van der Waals surface area contributed by atoms with Crippen LogP contribution in [0.25, 0.3) is 0 Å². The highest BCUT2D eigenvalue weighted by Crippen LogP contribution is 2.25. The number of hydrogen-bond acceptors (Lipinski definition) is 2. The SMILES string of the molecule is CC1CC(C)OC(c2cccc(Br)c2)CN1. The molecule has 2 rings (SSSR count). The van der Waals surface area contributed by atoms with Gasteiger partial charge in [-0.3, -0.25) is 0 Å². The molecule has 3 unspecified atom stereocenters. The molecule has 1 aromatic carbocycles. The Morgan fingerprint density at radius 2 is 2.19 bits per heavy atom. The summed E-state index contributed by atoms with van der Waals surface area (Å²) in [6.45, 7) is 5.25. The fraction of sp³-hybridized carbons (Fsp3) is 0.538. The molecule has 1 aliphatic rings. The van der Waals surface area contributed by atoms with E-state index in [1.807, 2.05) is 6.07 Å². The van der Waals surface area contributed by atoms with Crippen molar-refractivity contribution in [2.75, 3.05) is 6.54 Å². The number of benzene rings is 1. The van der Waals surface area contributed by atoms with E-state index in [1.54, 1.807) is 0 Å². The van der Waals surface area contributed by atoms with Crippen molar-refractivity contribution in [3.63, 3.8) is 0 Å². The molecule has 0 saturated carbocycles. The first-order valence-corrected chi connectivity index (χ1v) is 6.59. The molecule has 1 heterocycles. The van der Waals surface area contributed by atoms with Gasteiger partial charge >= 0.3 is 0 Å². The fourth-order valence-corrected chi connectivity index (χ4v) is 2.59. The Hall–Kier alpha value is -0.380. The molecule has 0 bridgehead atoms. The highest BCUT2D eigenvalue weighted by Gasteiger charge is 2.22. The van der Waals surface area contributed by atoms with Crippen molar-refractivity contribution >= 4 is 15.9 Å². The van der Waals surface area contributed by atoms with Gasteiger partial charge in [-0.25, -0.2) is 0 Å². The molecular formula is C13H18BrNO. The molecule has 0 aliphatic carbocycles. The second-order valence-corrected chi connectivity index (χ2v) is 5.45. The van der Waals surface area contributed by atoms with Gasteiger partial charge in [0.2, 0.25) is 0 Å². The van der Waals surface area contributed by atoms with E-state index in [-0.39, 0.29) is 6.10 Å². The standard InChI is InChI=1S/C13H18BrNO/c1-9-6-10(2)16-13(8-15-9)11-4-3-5-12(14)7-11/h3-5,7,9-10,13,15H,6,8H2,1-2H3. The van der Waals surface area contributed by atoms with Crippen LogP contribution in [0.5, 0.6) is 0 Å². The van der Waals surface area contributed by atoms with Gasteiger partial charge < -0.3 is 10.1 Å². The van der Waals surface area contributed by atoms with Crippen molar-refractivity contribution in [1.82, 2.24) is 5.32 Å². The molecule has 3 heteroatoms. The maximum atomic E-state index is 6.04. The van der Waals surface area contributed by atoms with E-state index in [0.29, 0.717) is 12.1 Å². The second-order valence-electron chi connectivity index (χ2n) is 4.54. The summed E-state index contributed by atoms with van der Waals surface area (Å²) >= 11 is 3.50. The van der Waals surface area contributed by atoms with Crippen LogP contribution in [-0.4, -0.2) is 18.7 Å². The molecule has 1 N–H and O–H groups in total. The van der Waals surface area contributed by atoms with Crippen molar-refractivity contribution in [1.29, 1.82) is 0 Å². The zero-order valence-electron chi connectivity index (χ0n) is 9.74. The third-order valence-electron chi connectivity index (χ3n) is 2.95. The molecule has 2 nitrogen and oxygen atoms in total. The summed E-state index contributed by atoms with van der Waals surface area (Å²) in [5.74, 6) is 0. The smallest absolute Gasteiger partial charge is 0.0953 e. The average Bonchev–Trinajstić information content (AvgIpc) is 2.39. The Labute approximate surface area is 106 Å². The van der Waals surface area contributed by atoms with Crippen LogP contribution >= 0.6 is 15.9 Å². The molecule has 1 aromatic rings. The van der Waals surface area contributed by atoms with Crippen molar-refractivity contribution in [3.05, 3.63) is 34.3 Å². The van der Waals surface area contributed by atoms with E-state index >= 15 is 0 Å². The maximum absolute atomic E-state index is 6.04. The predicted octanol–water partition coefficient (Wildman–Crippen LogP) is 3.28. The van der Waals surface area contributed by atoms with Gasteiger partial charge in [0.05, 0.1) is 12.2 Å². The number of ether oxygens (including phenoxy) is 1. The lowest BCUT2D eigenvalue weighted by Gasteiger charge is -2.19. The monoisotopic (exact) mass is 283 g/mol. The highest BCUT2D eigenvalue weighted by atomic mass is 79.9. The zero-order chi connectivity index (χ0) is 11.5. The van der Waals surface area contributed by atoms with Crippen molar-refractivity contribution < 1.29 is 4.74 Å². The zero-order valence-corrected chi connectivity index (χ0v) is 11.3. The lowest BCUT2D eigenvalue weighted by Crippen LogP contribution is -2.27. The van der Waals surface area contributed by atoms with Gasteiger partial charge in [-0.1, -0.05) is 28.1 Å². The van der Waals surface area contributed by atoms with Gasteiger partial charge in [-0.05, 0) is 38.0 Å². The van der Waals surface area contributed by atoms with Crippen molar-refractivity contribution in [2.45, 2.75) is 38.5 Å². The summed E-state index contributed by atoms with van der Waals surface area (Å²) in [5.41, 5.74) is 1.24. The van der Waals surface area contributed by atoms with E-state index in [4.69, 9.17) is 4.74 Å². The van der Waals surface area contributed by atoms with Crippen LogP contribution in [0.15, 0.2) is 28.7 Å². The number of hydrogen-bond donors (Lipinski definition) is 1. The van der Waals surface area contributed by atoms with Crippen LogP contribution in [-0.2, 0) is 4.74 Å². The van der Waals surface area contributed by atoms with E-state index < -0.39 is 0 Å². The summed E-state index contributed by atoms with van der Waals surface area (Å²) in [6.07, 6.45) is 1.55. The van der Waals surface area contributed by atoms with E-state index in [1.165, 1.54) is 5.56 Å². The molecule has 3 atom stereocenters. The Balaban J connectivity index is 2.14. The van der Waals surface area contributed by atoms with Crippen LogP contribution in [0.1, 0.15) is 31.9 Å². The first-order valence-electron chi connectivity index (χ1n) is 5.79. The van der Waals surface area contributed by atoms with Crippen molar-refractivity contribution in [2.24, 2.45) is 0 Å². The molecule has 0 amide bonds. The maximum Gasteiger partial charge on any atom is 0.0953 e. The van der Waals surface area contributed by atoms with Gasteiger partial charge in [0.1, 0.15) is 0 Å². The van der Waals surface area contributed by atoms with E-state index in [0.717, 1.165) is 17.4 Å². The first-order chi connectivity index (χ1) is 7.65. The Morgan fingerprint density at radius 3 is 2.94 bits per heavy atom. The first kappa shape index (κ1) is 12.1. The Morgan fingerprint density at radius 1 is 1.38 bits per heavy atom. The molecule has 0 aromatic heterocycles. The molecule has 16 heavy (non-hydrogen) atoms. The second kappa shape index (κ2) is 5.30. The van der Waals surface area contributed by atoms with Gasteiger partial charge in [0, 0.05) is 17.1 Å². The minimum Gasteiger partial charge on any atom is -0.369 e. The molecule has 88 valence electrons. The minimum absolute atomic E-state index is 0.164. The number of halogens is 1. The summed E-state index contributed by atoms with van der Waals surface area (Å²) in [6, 6.07) is 8.89. The molecular weight excluding hydrogens is 266 g/mol. The van der Waals surface area contributed by atoms with Gasteiger partial charge in [-0.15, -0.1) is 0 Å². The van der Waals surface area contributed by atoms with E-state index in [2.05, 4.69) is 53.3 Å². The average molecular weight is 284 g/mol. The summed E-state index contributed by atoms with van der Waals surface area (Å²) < 4.78 is 7.15. The molecule has 1 saturated heterocycles. The van der Waals surface area contributed by atoms with E-state index in [9.17, 15) is 0 Å². The minimum atomic E-state index is 0.164. The normalized spacial score (nSPS) is 31.1. The van der Waals surface area contributed by atoms with Crippen LogP contribution < -0.4 is 5.32 Å². The number of rotatable bonds is 1. The van der Waals surface area contributed by atoms with Gasteiger partial charge in [0.25, 0.3) is 0 Å². The third kappa shape index (κ3) is 3.06. The lowest BCUT2D eigenvalue weighted by atomic mass is 10.1. The topological polar surface area (TPSA) is 21.3 Å².